The van der Waals surface area contributed by atoms with E-state index in [9.17, 15) is 14.4 Å². The fourth-order valence-electron chi connectivity index (χ4n) is 3.64. The molecule has 33 heavy (non-hydrogen) atoms. The van der Waals surface area contributed by atoms with Gasteiger partial charge in [-0.15, -0.1) is 11.3 Å². The molecule has 1 aromatic carbocycles. The normalized spacial score (nSPS) is 10.7. The number of thiophene rings is 1. The van der Waals surface area contributed by atoms with Crippen LogP contribution in [0.15, 0.2) is 47.8 Å². The van der Waals surface area contributed by atoms with Crippen LogP contribution in [0, 0.1) is 13.8 Å². The van der Waals surface area contributed by atoms with Crippen molar-refractivity contribution >= 4 is 34.8 Å². The van der Waals surface area contributed by atoms with Crippen LogP contribution < -0.4 is 5.32 Å². The van der Waals surface area contributed by atoms with E-state index in [2.05, 4.69) is 16.0 Å². The third-order valence-corrected chi connectivity index (χ3v) is 6.33. The van der Waals surface area contributed by atoms with E-state index >= 15 is 0 Å². The number of carbonyl (C=O) groups excluding carboxylic acids is 3. The molecule has 0 aliphatic rings. The highest BCUT2D eigenvalue weighted by molar-refractivity contribution is 7.09. The van der Waals surface area contributed by atoms with Crippen LogP contribution in [0.3, 0.4) is 0 Å². The smallest absolute Gasteiger partial charge is 0.340 e. The van der Waals surface area contributed by atoms with Gasteiger partial charge in [-0.1, -0.05) is 12.1 Å². The minimum Gasteiger partial charge on any atom is -0.452 e. The van der Waals surface area contributed by atoms with Crippen LogP contribution in [0.25, 0.3) is 0 Å². The van der Waals surface area contributed by atoms with Crippen LogP contribution in [0.4, 0.5) is 5.69 Å². The number of anilines is 1. The molecule has 0 aliphatic heterocycles. The van der Waals surface area contributed by atoms with Crippen molar-refractivity contribution in [2.75, 3.05) is 25.0 Å². The van der Waals surface area contributed by atoms with Gasteiger partial charge in [0.15, 0.2) is 6.61 Å². The van der Waals surface area contributed by atoms with Crippen LogP contribution in [0.5, 0.6) is 0 Å². The minimum atomic E-state index is -0.541. The maximum atomic E-state index is 12.6. The lowest BCUT2D eigenvalue weighted by Crippen LogP contribution is -2.30. The number of nitrogens with one attached hydrogen (secondary N) is 1. The first-order valence-electron chi connectivity index (χ1n) is 10.9. The van der Waals surface area contributed by atoms with E-state index in [0.29, 0.717) is 36.4 Å². The van der Waals surface area contributed by atoms with Gasteiger partial charge in [0.05, 0.1) is 12.1 Å². The molecule has 0 radical (unpaired) electrons. The zero-order valence-corrected chi connectivity index (χ0v) is 20.2. The number of benzene rings is 1. The molecule has 0 atom stereocenters. The Hall–Kier alpha value is -3.39. The summed E-state index contributed by atoms with van der Waals surface area (Å²) in [4.78, 5) is 40.4. The Morgan fingerprint density at radius 2 is 1.82 bits per heavy atom. The Balaban J connectivity index is 1.60. The molecule has 3 rings (SSSR count). The summed E-state index contributed by atoms with van der Waals surface area (Å²) in [7, 11) is 0. The monoisotopic (exact) mass is 467 g/mol. The van der Waals surface area contributed by atoms with E-state index in [-0.39, 0.29) is 5.91 Å². The van der Waals surface area contributed by atoms with Gasteiger partial charge >= 0.3 is 5.97 Å². The second kappa shape index (κ2) is 11.0. The van der Waals surface area contributed by atoms with E-state index in [1.54, 1.807) is 46.6 Å². The summed E-state index contributed by atoms with van der Waals surface area (Å²) >= 11 is 1.66. The molecule has 174 valence electrons. The maximum absolute atomic E-state index is 12.6. The number of hydrogen-bond acceptors (Lipinski definition) is 5. The Labute approximate surface area is 198 Å². The minimum absolute atomic E-state index is 0.0968. The predicted molar refractivity (Wildman–Crippen MR) is 130 cm³/mol. The van der Waals surface area contributed by atoms with Gasteiger partial charge in [-0.25, -0.2) is 4.79 Å². The largest absolute Gasteiger partial charge is 0.452 e. The first kappa shape index (κ1) is 24.3. The van der Waals surface area contributed by atoms with Gasteiger partial charge in [-0.2, -0.15) is 0 Å². The van der Waals surface area contributed by atoms with E-state index < -0.39 is 18.5 Å². The summed E-state index contributed by atoms with van der Waals surface area (Å²) < 4.78 is 7.32. The molecule has 0 saturated heterocycles. The molecule has 0 fully saturated rings. The number of amides is 2. The maximum Gasteiger partial charge on any atom is 0.340 e. The zero-order chi connectivity index (χ0) is 24.0. The number of ether oxygens (including phenoxy) is 1. The van der Waals surface area contributed by atoms with E-state index in [1.807, 2.05) is 39.1 Å². The molecule has 3 aromatic rings. The van der Waals surface area contributed by atoms with Crippen LogP contribution >= 0.6 is 11.3 Å². The summed E-state index contributed by atoms with van der Waals surface area (Å²) in [6, 6.07) is 12.6. The first-order chi connectivity index (χ1) is 15.8. The standard InChI is InChI=1S/C25H29N3O4S/c1-5-27(6-2)24(30)19-9-7-10-20(14-19)26-23(29)16-32-25(31)22-13-17(3)28(18(22)4)15-21-11-8-12-33-21/h7-14H,5-6,15-16H2,1-4H3,(H,26,29). The van der Waals surface area contributed by atoms with Crippen molar-refractivity contribution < 1.29 is 19.1 Å². The number of nitrogens with zero attached hydrogens (tertiary/aromatic N) is 2. The number of esters is 1. The zero-order valence-electron chi connectivity index (χ0n) is 19.4. The summed E-state index contributed by atoms with van der Waals surface area (Å²) in [6.45, 7) is 9.13. The van der Waals surface area contributed by atoms with Crippen molar-refractivity contribution in [1.29, 1.82) is 0 Å². The fourth-order valence-corrected chi connectivity index (χ4v) is 4.33. The second-order valence-corrected chi connectivity index (χ2v) is 8.67. The molecule has 1 N–H and O–H groups in total. The highest BCUT2D eigenvalue weighted by Gasteiger charge is 2.19. The molecule has 0 unspecified atom stereocenters. The molecular formula is C25H29N3O4S. The van der Waals surface area contributed by atoms with Crippen molar-refractivity contribution in [2.24, 2.45) is 0 Å². The molecular weight excluding hydrogens is 438 g/mol. The Kier molecular flexibility index (Phi) is 8.06. The van der Waals surface area contributed by atoms with Crippen molar-refractivity contribution in [2.45, 2.75) is 34.2 Å². The third-order valence-electron chi connectivity index (χ3n) is 5.47. The number of rotatable bonds is 9. The lowest BCUT2D eigenvalue weighted by atomic mass is 10.1. The Morgan fingerprint density at radius 3 is 2.48 bits per heavy atom. The molecule has 7 nitrogen and oxygen atoms in total. The van der Waals surface area contributed by atoms with Gasteiger partial charge in [0, 0.05) is 40.6 Å². The van der Waals surface area contributed by atoms with E-state index in [0.717, 1.165) is 11.4 Å². The van der Waals surface area contributed by atoms with Crippen molar-refractivity contribution in [3.05, 3.63) is 75.2 Å². The summed E-state index contributed by atoms with van der Waals surface area (Å²) in [6.07, 6.45) is 0. The van der Waals surface area contributed by atoms with Gasteiger partial charge < -0.3 is 19.5 Å². The molecule has 0 bridgehead atoms. The summed E-state index contributed by atoms with van der Waals surface area (Å²) in [5.74, 6) is -1.11. The van der Waals surface area contributed by atoms with Gasteiger partial charge in [-0.3, -0.25) is 9.59 Å². The van der Waals surface area contributed by atoms with Crippen molar-refractivity contribution in [3.8, 4) is 0 Å². The molecule has 0 aliphatic carbocycles. The van der Waals surface area contributed by atoms with E-state index in [4.69, 9.17) is 4.74 Å². The Morgan fingerprint density at radius 1 is 1.06 bits per heavy atom. The molecule has 0 spiro atoms. The second-order valence-electron chi connectivity index (χ2n) is 7.63. The van der Waals surface area contributed by atoms with Gasteiger partial charge in [-0.05, 0) is 63.4 Å². The predicted octanol–water partition coefficient (Wildman–Crippen LogP) is 4.49. The molecule has 2 heterocycles. The lowest BCUT2D eigenvalue weighted by Gasteiger charge is -2.19. The van der Waals surface area contributed by atoms with Crippen molar-refractivity contribution in [3.63, 3.8) is 0 Å². The van der Waals surface area contributed by atoms with Crippen LogP contribution in [0.1, 0.15) is 50.8 Å². The van der Waals surface area contributed by atoms with Crippen LogP contribution in [-0.2, 0) is 16.1 Å². The summed E-state index contributed by atoms with van der Waals surface area (Å²) in [5.41, 5.74) is 3.17. The summed E-state index contributed by atoms with van der Waals surface area (Å²) in [5, 5.41) is 4.71. The number of aryl methyl sites for hydroxylation is 1. The topological polar surface area (TPSA) is 80.6 Å². The highest BCUT2D eigenvalue weighted by Crippen LogP contribution is 2.20. The quantitative estimate of drug-likeness (QED) is 0.470. The molecule has 2 amide bonds. The molecule has 2 aromatic heterocycles. The number of hydrogen-bond donors (Lipinski definition) is 1. The molecule has 0 saturated carbocycles. The first-order valence-corrected chi connectivity index (χ1v) is 11.8. The SMILES string of the molecule is CCN(CC)C(=O)c1cccc(NC(=O)COC(=O)c2cc(C)n(Cc3cccs3)c2C)c1. The van der Waals surface area contributed by atoms with Gasteiger partial charge in [0.1, 0.15) is 0 Å². The number of aromatic nitrogens is 1. The highest BCUT2D eigenvalue weighted by atomic mass is 32.1. The molecule has 8 heteroatoms. The average molecular weight is 468 g/mol. The van der Waals surface area contributed by atoms with E-state index in [1.165, 1.54) is 4.88 Å². The Bertz CT molecular complexity index is 1130. The third kappa shape index (κ3) is 5.90. The van der Waals surface area contributed by atoms with Crippen LogP contribution in [0.2, 0.25) is 0 Å². The van der Waals surface area contributed by atoms with Gasteiger partial charge in [0.2, 0.25) is 0 Å². The van der Waals surface area contributed by atoms with Crippen LogP contribution in [-0.4, -0.2) is 46.9 Å². The average Bonchev–Trinajstić information content (AvgIpc) is 3.42. The van der Waals surface area contributed by atoms with Gasteiger partial charge in [0.25, 0.3) is 11.8 Å². The lowest BCUT2D eigenvalue weighted by molar-refractivity contribution is -0.119. The number of carbonyl (C=O) groups is 3. The fraction of sp³-hybridized carbons (Fsp3) is 0.320. The van der Waals surface area contributed by atoms with Crippen molar-refractivity contribution in [1.82, 2.24) is 9.47 Å².